The van der Waals surface area contributed by atoms with Crippen LogP contribution in [0.4, 0.5) is 0 Å². The average Bonchev–Trinajstić information content (AvgIpc) is 3.17. The third-order valence-electron chi connectivity index (χ3n) is 4.32. The van der Waals surface area contributed by atoms with E-state index in [1.807, 2.05) is 22.5 Å². The number of nitrogens with zero attached hydrogens (tertiary/aromatic N) is 5. The highest BCUT2D eigenvalue weighted by Gasteiger charge is 2.23. The lowest BCUT2D eigenvalue weighted by Gasteiger charge is -2.32. The molecule has 0 radical (unpaired) electrons. The van der Waals surface area contributed by atoms with Gasteiger partial charge in [-0.25, -0.2) is 4.98 Å². The van der Waals surface area contributed by atoms with Crippen LogP contribution >= 0.6 is 11.6 Å². The van der Waals surface area contributed by atoms with Crippen LogP contribution < -0.4 is 5.32 Å². The van der Waals surface area contributed by atoms with E-state index >= 15 is 0 Å². The maximum atomic E-state index is 11.6. The predicted octanol–water partition coefficient (Wildman–Crippen LogP) is 1.47. The molecule has 1 N–H and O–H groups in total. The van der Waals surface area contributed by atoms with Crippen LogP contribution in [-0.4, -0.2) is 50.3 Å². The molecule has 8 heteroatoms. The van der Waals surface area contributed by atoms with Gasteiger partial charge in [0.1, 0.15) is 16.7 Å². The highest BCUT2D eigenvalue weighted by molar-refractivity contribution is 6.29. The molecule has 1 atom stereocenters. The second kappa shape index (κ2) is 6.72. The summed E-state index contributed by atoms with van der Waals surface area (Å²) in [5.74, 6) is 0.807. The molecule has 7 nitrogen and oxygen atoms in total. The van der Waals surface area contributed by atoms with Gasteiger partial charge >= 0.3 is 0 Å². The molecule has 23 heavy (non-hydrogen) atoms. The van der Waals surface area contributed by atoms with Crippen LogP contribution in [0.25, 0.3) is 0 Å². The molecular weight excluding hydrogens is 316 g/mol. The summed E-state index contributed by atoms with van der Waals surface area (Å²) in [7, 11) is 3.54. The number of nitrogens with one attached hydrogen (secondary N) is 1. The number of rotatable bonds is 4. The van der Waals surface area contributed by atoms with Gasteiger partial charge < -0.3 is 9.88 Å². The lowest BCUT2D eigenvalue weighted by Crippen LogP contribution is -2.37. The number of hydrogen-bond donors (Lipinski definition) is 1. The van der Waals surface area contributed by atoms with Crippen molar-refractivity contribution in [2.24, 2.45) is 7.05 Å². The number of carbonyl (C=O) groups is 1. The van der Waals surface area contributed by atoms with E-state index in [2.05, 4.69) is 20.3 Å². The third kappa shape index (κ3) is 3.40. The van der Waals surface area contributed by atoms with E-state index in [0.717, 1.165) is 38.3 Å². The minimum Gasteiger partial charge on any atom is -0.354 e. The second-order valence-corrected chi connectivity index (χ2v) is 6.23. The Morgan fingerprint density at radius 2 is 2.35 bits per heavy atom. The first-order chi connectivity index (χ1) is 11.1. The second-order valence-electron chi connectivity index (χ2n) is 5.85. The summed E-state index contributed by atoms with van der Waals surface area (Å²) in [5.41, 5.74) is 0.459. The smallest absolute Gasteiger partial charge is 0.271 e. The van der Waals surface area contributed by atoms with Crippen LogP contribution in [0.5, 0.6) is 0 Å². The number of piperidine rings is 1. The molecule has 124 valence electrons. The number of halogens is 1. The zero-order valence-electron chi connectivity index (χ0n) is 13.4. The number of hydrogen-bond acceptors (Lipinski definition) is 4. The van der Waals surface area contributed by atoms with E-state index in [-0.39, 0.29) is 11.9 Å². The number of likely N-dealkylation sites (tertiary alicyclic amines) is 1. The Labute approximate surface area is 140 Å². The molecule has 1 aliphatic heterocycles. The highest BCUT2D eigenvalue weighted by atomic mass is 35.5. The van der Waals surface area contributed by atoms with Crippen LogP contribution in [-0.2, 0) is 13.6 Å². The zero-order chi connectivity index (χ0) is 16.4. The van der Waals surface area contributed by atoms with Crippen LogP contribution in [0, 0.1) is 0 Å². The van der Waals surface area contributed by atoms with Gasteiger partial charge in [0.15, 0.2) is 0 Å². The number of amides is 1. The fourth-order valence-electron chi connectivity index (χ4n) is 2.95. The molecule has 2 aromatic heterocycles. The molecule has 0 saturated carbocycles. The molecule has 3 rings (SSSR count). The van der Waals surface area contributed by atoms with Crippen molar-refractivity contribution in [2.45, 2.75) is 25.4 Å². The summed E-state index contributed by atoms with van der Waals surface area (Å²) < 4.78 is 3.81. The Morgan fingerprint density at radius 1 is 1.52 bits per heavy atom. The largest absolute Gasteiger partial charge is 0.354 e. The number of carbonyl (C=O) groups excluding carboxylic acids is 1. The lowest BCUT2D eigenvalue weighted by atomic mass is 10.1. The minimum atomic E-state index is -0.154. The fourth-order valence-corrected chi connectivity index (χ4v) is 3.10. The summed E-state index contributed by atoms with van der Waals surface area (Å²) >= 11 is 6.05. The zero-order valence-corrected chi connectivity index (χ0v) is 14.1. The van der Waals surface area contributed by atoms with Gasteiger partial charge in [0.05, 0.1) is 18.8 Å². The molecule has 1 aliphatic rings. The summed E-state index contributed by atoms with van der Waals surface area (Å²) in [5, 5.41) is 7.65. The van der Waals surface area contributed by atoms with Gasteiger partial charge in [0.25, 0.3) is 5.91 Å². The van der Waals surface area contributed by atoms with Crippen molar-refractivity contribution in [1.82, 2.24) is 29.5 Å². The van der Waals surface area contributed by atoms with Crippen molar-refractivity contribution >= 4 is 17.5 Å². The lowest BCUT2D eigenvalue weighted by molar-refractivity contribution is 0.0955. The average molecular weight is 337 g/mol. The van der Waals surface area contributed by atoms with Gasteiger partial charge in [-0.2, -0.15) is 5.10 Å². The molecule has 2 aromatic rings. The van der Waals surface area contributed by atoms with Gasteiger partial charge in [-0.15, -0.1) is 0 Å². The SMILES string of the molecule is CNC(=O)c1ccn([C@@H]2CCCN(Cc3ncc(Cl)n3C)C2)n1. The van der Waals surface area contributed by atoms with E-state index in [1.165, 1.54) is 0 Å². The van der Waals surface area contributed by atoms with Crippen LogP contribution in [0.15, 0.2) is 18.5 Å². The molecule has 3 heterocycles. The Morgan fingerprint density at radius 3 is 3.04 bits per heavy atom. The number of aromatic nitrogens is 4. The predicted molar refractivity (Wildman–Crippen MR) is 87.4 cm³/mol. The first-order valence-corrected chi connectivity index (χ1v) is 8.12. The van der Waals surface area contributed by atoms with Gasteiger partial charge in [-0.3, -0.25) is 14.4 Å². The van der Waals surface area contributed by atoms with E-state index in [1.54, 1.807) is 19.3 Å². The quantitative estimate of drug-likeness (QED) is 0.918. The fraction of sp³-hybridized carbons (Fsp3) is 0.533. The van der Waals surface area contributed by atoms with Crippen molar-refractivity contribution in [2.75, 3.05) is 20.1 Å². The summed E-state index contributed by atoms with van der Waals surface area (Å²) in [6.45, 7) is 2.69. The molecule has 0 aliphatic carbocycles. The first-order valence-electron chi connectivity index (χ1n) is 7.74. The van der Waals surface area contributed by atoms with E-state index in [4.69, 9.17) is 11.6 Å². The van der Waals surface area contributed by atoms with Crippen molar-refractivity contribution in [3.63, 3.8) is 0 Å². The van der Waals surface area contributed by atoms with Crippen molar-refractivity contribution in [1.29, 1.82) is 0 Å². The molecule has 1 fully saturated rings. The summed E-state index contributed by atoms with van der Waals surface area (Å²) in [6.07, 6.45) is 5.72. The third-order valence-corrected chi connectivity index (χ3v) is 4.67. The Balaban J connectivity index is 1.67. The Kier molecular flexibility index (Phi) is 4.68. The normalized spacial score (nSPS) is 19.0. The van der Waals surface area contributed by atoms with E-state index in [0.29, 0.717) is 10.8 Å². The van der Waals surface area contributed by atoms with E-state index in [9.17, 15) is 4.79 Å². The molecular formula is C15H21ClN6O. The highest BCUT2D eigenvalue weighted by Crippen LogP contribution is 2.23. The first kappa shape index (κ1) is 16.0. The van der Waals surface area contributed by atoms with Gasteiger partial charge in [0.2, 0.25) is 0 Å². The van der Waals surface area contributed by atoms with Crippen LogP contribution in [0.1, 0.15) is 35.2 Å². The van der Waals surface area contributed by atoms with Crippen molar-refractivity contribution in [3.8, 4) is 0 Å². The molecule has 0 aromatic carbocycles. The monoisotopic (exact) mass is 336 g/mol. The topological polar surface area (TPSA) is 68.0 Å². The summed E-state index contributed by atoms with van der Waals surface area (Å²) in [4.78, 5) is 18.3. The van der Waals surface area contributed by atoms with Crippen LogP contribution in [0.3, 0.4) is 0 Å². The van der Waals surface area contributed by atoms with Crippen molar-refractivity contribution < 1.29 is 4.79 Å². The minimum absolute atomic E-state index is 0.154. The van der Waals surface area contributed by atoms with Crippen molar-refractivity contribution in [3.05, 3.63) is 35.1 Å². The molecule has 1 saturated heterocycles. The van der Waals surface area contributed by atoms with Crippen LogP contribution in [0.2, 0.25) is 5.15 Å². The van der Waals surface area contributed by atoms with Gasteiger partial charge in [-0.05, 0) is 25.5 Å². The maximum absolute atomic E-state index is 11.6. The Bertz CT molecular complexity index is 694. The number of imidazole rings is 1. The molecule has 1 amide bonds. The van der Waals surface area contributed by atoms with Gasteiger partial charge in [0, 0.05) is 26.8 Å². The summed E-state index contributed by atoms with van der Waals surface area (Å²) in [6, 6.07) is 2.04. The van der Waals surface area contributed by atoms with Gasteiger partial charge in [-0.1, -0.05) is 11.6 Å². The molecule has 0 spiro atoms. The molecule has 0 unspecified atom stereocenters. The standard InChI is InChI=1S/C15H21ClN6O/c1-17-15(23)12-5-7-22(19-12)11-4-3-6-21(9-11)10-14-18-8-13(16)20(14)2/h5,7-8,11H,3-4,6,9-10H2,1-2H3,(H,17,23)/t11-/m1/s1. The van der Waals surface area contributed by atoms with E-state index < -0.39 is 0 Å². The Hall–Kier alpha value is -1.86. The maximum Gasteiger partial charge on any atom is 0.271 e. The molecule has 0 bridgehead atoms.